The number of nitro benzene ring substituents is 1. The third-order valence-electron chi connectivity index (χ3n) is 6.42. The number of nitro groups is 1. The summed E-state index contributed by atoms with van der Waals surface area (Å²) in [6.45, 7) is 7.19. The average Bonchev–Trinajstić information content (AvgIpc) is 3.44. The van der Waals surface area contributed by atoms with Crippen molar-refractivity contribution >= 4 is 49.3 Å². The van der Waals surface area contributed by atoms with E-state index in [9.17, 15) is 10.1 Å². The molecule has 0 aliphatic rings. The number of fused-ring (bicyclic) bond motifs is 1. The van der Waals surface area contributed by atoms with Crippen LogP contribution in [-0.2, 0) is 11.4 Å². The van der Waals surface area contributed by atoms with Gasteiger partial charge in [-0.3, -0.25) is 10.1 Å². The molecule has 9 heteroatoms. The molecule has 0 aliphatic carbocycles. The maximum atomic E-state index is 10.8. The topological polar surface area (TPSA) is 82.0 Å². The number of thiazole rings is 1. The van der Waals surface area contributed by atoms with Gasteiger partial charge in [0.05, 0.1) is 4.92 Å². The van der Waals surface area contributed by atoms with Crippen molar-refractivity contribution in [2.75, 3.05) is 0 Å². The zero-order valence-corrected chi connectivity index (χ0v) is 24.2. The number of hydrogen-bond acceptors (Lipinski definition) is 6. The van der Waals surface area contributed by atoms with Crippen LogP contribution in [0.15, 0.2) is 41.9 Å². The number of aromatic nitrogens is 2. The molecule has 0 bridgehead atoms. The zero-order chi connectivity index (χ0) is 24.4. The molecule has 184 valence electrons. The fraction of sp³-hybridized carbons (Fsp3) is 0.520. The fourth-order valence-corrected chi connectivity index (χ4v) is 24.3. The van der Waals surface area contributed by atoms with E-state index >= 15 is 0 Å². The summed E-state index contributed by atoms with van der Waals surface area (Å²) >= 11 is -0.542. The van der Waals surface area contributed by atoms with Crippen molar-refractivity contribution in [3.8, 4) is 0 Å². The van der Waals surface area contributed by atoms with Gasteiger partial charge in [0, 0.05) is 0 Å². The zero-order valence-electron chi connectivity index (χ0n) is 20.5. The summed E-state index contributed by atoms with van der Waals surface area (Å²) in [5.74, 6) is 0. The van der Waals surface area contributed by atoms with Gasteiger partial charge in [0.2, 0.25) is 0 Å². The second kappa shape index (κ2) is 13.2. The Balaban J connectivity index is 1.75. The minimum absolute atomic E-state index is 0.0689. The van der Waals surface area contributed by atoms with Crippen LogP contribution >= 0.6 is 11.3 Å². The molecule has 3 rings (SSSR count). The van der Waals surface area contributed by atoms with E-state index in [0.717, 1.165) is 16.1 Å². The van der Waals surface area contributed by atoms with E-state index in [-0.39, 0.29) is 12.3 Å². The normalized spacial score (nSPS) is 12.1. The Hall–Kier alpha value is -1.94. The molecule has 3 aromatic rings. The van der Waals surface area contributed by atoms with Crippen LogP contribution in [0.5, 0.6) is 0 Å². The Bertz CT molecular complexity index is 1060. The van der Waals surface area contributed by atoms with Crippen molar-refractivity contribution in [1.29, 1.82) is 0 Å². The van der Waals surface area contributed by atoms with Crippen molar-refractivity contribution in [3.05, 3.63) is 58.2 Å². The van der Waals surface area contributed by atoms with Crippen LogP contribution < -0.4 is 2.89 Å². The molecule has 7 nitrogen and oxygen atoms in total. The van der Waals surface area contributed by atoms with Crippen LogP contribution in [-0.4, -0.2) is 38.9 Å². The molecule has 0 spiro atoms. The second-order valence-corrected chi connectivity index (χ2v) is 24.2. The number of rotatable bonds is 15. The molecule has 0 saturated carbocycles. The number of nitrogens with zero attached hydrogens (tertiary/aromatic N) is 4. The Kier molecular flexibility index (Phi) is 10.4. The van der Waals surface area contributed by atoms with Crippen molar-refractivity contribution in [2.45, 2.75) is 79.2 Å². The van der Waals surface area contributed by atoms with Gasteiger partial charge in [-0.1, -0.05) is 0 Å². The molecular formula is C25H36N4O3SSn. The van der Waals surface area contributed by atoms with E-state index in [1.165, 1.54) is 64.0 Å². The van der Waals surface area contributed by atoms with E-state index in [0.29, 0.717) is 0 Å². The molecule has 0 atom stereocenters. The maximum absolute atomic E-state index is 10.8. The predicted molar refractivity (Wildman–Crippen MR) is 143 cm³/mol. The van der Waals surface area contributed by atoms with E-state index < -0.39 is 23.3 Å². The van der Waals surface area contributed by atoms with Gasteiger partial charge in [-0.15, -0.1) is 0 Å². The summed E-state index contributed by atoms with van der Waals surface area (Å²) in [4.78, 5) is 21.5. The number of non-ortho nitro benzene ring substituents is 1. The molecule has 0 aliphatic heterocycles. The molecule has 2 heterocycles. The molecule has 34 heavy (non-hydrogen) atoms. The van der Waals surface area contributed by atoms with Gasteiger partial charge in [0.1, 0.15) is 0 Å². The van der Waals surface area contributed by atoms with E-state index in [2.05, 4.69) is 41.5 Å². The molecule has 1 aromatic carbocycles. The third kappa shape index (κ3) is 6.81. The minimum atomic E-state index is -2.47. The standard InChI is InChI=1S/C13H9N4O3S.3C4H9.Sn/c18-17(19)11-3-1-10(2-4-11)8-20-15-7-12-13-16(9-14-12)5-6-21-13;3*1-3-4-2;/h1-5,7,9H,8H2;3*1,3-4H2,2H3;/b15-7+;;;;. The first kappa shape index (κ1) is 26.7. The van der Waals surface area contributed by atoms with Gasteiger partial charge in [0.25, 0.3) is 0 Å². The third-order valence-corrected chi connectivity index (χ3v) is 25.7. The van der Waals surface area contributed by atoms with Gasteiger partial charge in [-0.2, -0.15) is 0 Å². The average molecular weight is 591 g/mol. The Labute approximate surface area is 210 Å². The van der Waals surface area contributed by atoms with Gasteiger partial charge in [0.15, 0.2) is 0 Å². The summed E-state index contributed by atoms with van der Waals surface area (Å²) in [6, 6.07) is 6.32. The Morgan fingerprint density at radius 2 is 1.71 bits per heavy atom. The van der Waals surface area contributed by atoms with Crippen LogP contribution in [0, 0.1) is 10.1 Å². The number of unbranched alkanes of at least 4 members (excludes halogenated alkanes) is 3. The van der Waals surface area contributed by atoms with Crippen molar-refractivity contribution in [2.24, 2.45) is 5.16 Å². The van der Waals surface area contributed by atoms with Crippen LogP contribution in [0.1, 0.15) is 70.6 Å². The summed E-state index contributed by atoms with van der Waals surface area (Å²) in [5, 5.41) is 14.9. The van der Waals surface area contributed by atoms with Crippen LogP contribution in [0.3, 0.4) is 0 Å². The number of imidazole rings is 1. The molecule has 0 amide bonds. The summed E-state index contributed by atoms with van der Waals surface area (Å²) in [7, 11) is 0. The summed E-state index contributed by atoms with van der Waals surface area (Å²) < 4.78 is 8.19. The van der Waals surface area contributed by atoms with Gasteiger partial charge in [-0.05, 0) is 0 Å². The predicted octanol–water partition coefficient (Wildman–Crippen LogP) is 6.91. The van der Waals surface area contributed by atoms with E-state index in [1.807, 2.05) is 17.7 Å². The van der Waals surface area contributed by atoms with Gasteiger partial charge >= 0.3 is 196 Å². The first-order valence-electron chi connectivity index (χ1n) is 12.4. The fourth-order valence-electron chi connectivity index (χ4n) is 4.35. The monoisotopic (exact) mass is 592 g/mol. The molecule has 0 fully saturated rings. The summed E-state index contributed by atoms with van der Waals surface area (Å²) in [5.41, 5.74) is 1.73. The first-order chi connectivity index (χ1) is 16.5. The molecular weight excluding hydrogens is 555 g/mol. The van der Waals surface area contributed by atoms with Crippen LogP contribution in [0.25, 0.3) is 4.83 Å². The number of hydrogen-bond donors (Lipinski definition) is 0. The quantitative estimate of drug-likeness (QED) is 0.0833. The molecule has 0 unspecified atom stereocenters. The molecule has 0 radical (unpaired) electrons. The van der Waals surface area contributed by atoms with Crippen LogP contribution in [0.4, 0.5) is 5.69 Å². The molecule has 0 saturated heterocycles. The number of oxime groups is 1. The van der Waals surface area contributed by atoms with Crippen LogP contribution in [0.2, 0.25) is 13.3 Å². The summed E-state index contributed by atoms with van der Waals surface area (Å²) in [6.07, 6.45) is 13.8. The second-order valence-electron chi connectivity index (χ2n) is 8.96. The van der Waals surface area contributed by atoms with E-state index in [4.69, 9.17) is 4.84 Å². The Morgan fingerprint density at radius 1 is 1.09 bits per heavy atom. The van der Waals surface area contributed by atoms with Crippen molar-refractivity contribution < 1.29 is 9.76 Å². The first-order valence-corrected chi connectivity index (χ1v) is 20.7. The van der Waals surface area contributed by atoms with E-state index in [1.54, 1.807) is 21.2 Å². The van der Waals surface area contributed by atoms with Gasteiger partial charge in [-0.25, -0.2) is 0 Å². The van der Waals surface area contributed by atoms with Gasteiger partial charge < -0.3 is 0 Å². The van der Waals surface area contributed by atoms with Crippen molar-refractivity contribution in [3.63, 3.8) is 0 Å². The molecule has 0 N–H and O–H groups in total. The number of benzene rings is 1. The van der Waals surface area contributed by atoms with Crippen molar-refractivity contribution in [1.82, 2.24) is 9.38 Å². The molecule has 2 aromatic heterocycles. The Morgan fingerprint density at radius 3 is 2.26 bits per heavy atom. The SMILES string of the molecule is CCC[CH2][Sn]([CH2]CCC)([CH2]CCC)[c]1cn2cnc(/C=N/OCc3ccc([N+](=O)[O-])cc3)c2s1.